The summed E-state index contributed by atoms with van der Waals surface area (Å²) in [6.07, 6.45) is 0. The summed E-state index contributed by atoms with van der Waals surface area (Å²) in [5, 5.41) is 4.86. The fourth-order valence-electron chi connectivity index (χ4n) is 2.11. The smallest absolute Gasteiger partial charge is 0.0465 e. The summed E-state index contributed by atoms with van der Waals surface area (Å²) in [6.45, 7) is 5.01. The number of benzene rings is 2. The summed E-state index contributed by atoms with van der Waals surface area (Å²) in [5.41, 5.74) is 3.67. The predicted molar refractivity (Wildman–Crippen MR) is 82.9 cm³/mol. The first-order valence-electron chi connectivity index (χ1n) is 6.31. The molecular weight excluding hydrogens is 277 g/mol. The van der Waals surface area contributed by atoms with Gasteiger partial charge in [0.05, 0.1) is 0 Å². The van der Waals surface area contributed by atoms with Crippen LogP contribution in [0.2, 0.25) is 10.0 Å². The first-order chi connectivity index (χ1) is 9.08. The zero-order valence-electron chi connectivity index (χ0n) is 11.1. The molecule has 0 spiro atoms. The summed E-state index contributed by atoms with van der Waals surface area (Å²) in [5.74, 6) is 0. The fraction of sp³-hybridized carbons (Fsp3) is 0.250. The molecule has 3 heteroatoms. The maximum atomic E-state index is 6.17. The van der Waals surface area contributed by atoms with Crippen LogP contribution in [0.15, 0.2) is 42.5 Å². The maximum absolute atomic E-state index is 6.17. The van der Waals surface area contributed by atoms with E-state index in [1.807, 2.05) is 12.1 Å². The van der Waals surface area contributed by atoms with E-state index in [0.717, 1.165) is 12.1 Å². The molecule has 1 atom stereocenters. The van der Waals surface area contributed by atoms with E-state index in [9.17, 15) is 0 Å². The number of halogens is 2. The van der Waals surface area contributed by atoms with E-state index >= 15 is 0 Å². The molecule has 0 heterocycles. The van der Waals surface area contributed by atoms with Gasteiger partial charge in [0.1, 0.15) is 0 Å². The first-order valence-corrected chi connectivity index (χ1v) is 7.06. The number of aryl methyl sites for hydroxylation is 1. The van der Waals surface area contributed by atoms with Gasteiger partial charge in [0.15, 0.2) is 0 Å². The van der Waals surface area contributed by atoms with Crippen LogP contribution in [0.3, 0.4) is 0 Å². The van der Waals surface area contributed by atoms with E-state index in [2.05, 4.69) is 43.4 Å². The molecule has 0 unspecified atom stereocenters. The minimum Gasteiger partial charge on any atom is -0.306 e. The Morgan fingerprint density at radius 1 is 1.11 bits per heavy atom. The molecule has 1 N–H and O–H groups in total. The Kier molecular flexibility index (Phi) is 4.87. The highest BCUT2D eigenvalue weighted by atomic mass is 35.5. The topological polar surface area (TPSA) is 12.0 Å². The summed E-state index contributed by atoms with van der Waals surface area (Å²) >= 11 is 12.1. The molecule has 0 radical (unpaired) electrons. The van der Waals surface area contributed by atoms with Gasteiger partial charge in [-0.25, -0.2) is 0 Å². The molecule has 0 saturated carbocycles. The molecule has 2 aromatic rings. The minimum atomic E-state index is 0.285. The van der Waals surface area contributed by atoms with Crippen molar-refractivity contribution in [3.8, 4) is 0 Å². The molecule has 2 aromatic carbocycles. The van der Waals surface area contributed by atoms with Gasteiger partial charge in [-0.2, -0.15) is 0 Å². The van der Waals surface area contributed by atoms with Crippen molar-refractivity contribution in [2.75, 3.05) is 0 Å². The van der Waals surface area contributed by atoms with Crippen molar-refractivity contribution < 1.29 is 0 Å². The predicted octanol–water partition coefficient (Wildman–Crippen LogP) is 5.15. The lowest BCUT2D eigenvalue weighted by Crippen LogP contribution is -2.19. The third kappa shape index (κ3) is 3.73. The van der Waals surface area contributed by atoms with E-state index < -0.39 is 0 Å². The lowest BCUT2D eigenvalue weighted by molar-refractivity contribution is 0.572. The molecule has 1 nitrogen and oxygen atoms in total. The van der Waals surface area contributed by atoms with Crippen LogP contribution in [0.5, 0.6) is 0 Å². The first kappa shape index (κ1) is 14.4. The summed E-state index contributed by atoms with van der Waals surface area (Å²) < 4.78 is 0. The summed E-state index contributed by atoms with van der Waals surface area (Å²) in [7, 11) is 0. The van der Waals surface area contributed by atoms with E-state index in [-0.39, 0.29) is 6.04 Å². The van der Waals surface area contributed by atoms with Gasteiger partial charge < -0.3 is 5.32 Å². The molecule has 0 aliphatic carbocycles. The third-order valence-electron chi connectivity index (χ3n) is 3.27. The van der Waals surface area contributed by atoms with Crippen LogP contribution in [0.25, 0.3) is 0 Å². The van der Waals surface area contributed by atoms with Crippen LogP contribution in [-0.2, 0) is 6.54 Å². The Labute approximate surface area is 124 Å². The molecule has 0 amide bonds. The van der Waals surface area contributed by atoms with Crippen LogP contribution in [0.1, 0.15) is 29.7 Å². The second-order valence-electron chi connectivity index (χ2n) is 4.69. The van der Waals surface area contributed by atoms with E-state index in [4.69, 9.17) is 23.2 Å². The zero-order chi connectivity index (χ0) is 13.8. The van der Waals surface area contributed by atoms with Crippen molar-refractivity contribution in [1.29, 1.82) is 0 Å². The molecule has 0 aromatic heterocycles. The normalized spacial score (nSPS) is 12.4. The molecule has 0 aliphatic rings. The highest BCUT2D eigenvalue weighted by Gasteiger charge is 2.08. The highest BCUT2D eigenvalue weighted by molar-refractivity contribution is 6.35. The third-order valence-corrected chi connectivity index (χ3v) is 3.86. The maximum Gasteiger partial charge on any atom is 0.0465 e. The average Bonchev–Trinajstić information content (AvgIpc) is 2.38. The van der Waals surface area contributed by atoms with Gasteiger partial charge in [-0.1, -0.05) is 53.5 Å². The standard InChI is InChI=1S/C16H17Cl2N/c1-11-5-3-4-6-15(11)12(2)19-10-13-7-8-14(17)9-16(13)18/h3-9,12,19H,10H2,1-2H3/t12-/m0/s1. The molecule has 0 aliphatic heterocycles. The van der Waals surface area contributed by atoms with Crippen molar-refractivity contribution in [3.05, 3.63) is 69.2 Å². The molecule has 0 fully saturated rings. The van der Waals surface area contributed by atoms with Crippen molar-refractivity contribution in [2.45, 2.75) is 26.4 Å². The fourth-order valence-corrected chi connectivity index (χ4v) is 2.59. The SMILES string of the molecule is Cc1ccccc1[C@H](C)NCc1ccc(Cl)cc1Cl. The van der Waals surface area contributed by atoms with Crippen LogP contribution in [0.4, 0.5) is 0 Å². The van der Waals surface area contributed by atoms with Crippen molar-refractivity contribution in [2.24, 2.45) is 0 Å². The van der Waals surface area contributed by atoms with Gasteiger partial charge >= 0.3 is 0 Å². The Hall–Kier alpha value is -1.02. The Bertz CT molecular complexity index is 566. The molecular formula is C16H17Cl2N. The van der Waals surface area contributed by atoms with Crippen molar-refractivity contribution >= 4 is 23.2 Å². The average molecular weight is 294 g/mol. The lowest BCUT2D eigenvalue weighted by Gasteiger charge is -2.17. The minimum absolute atomic E-state index is 0.285. The van der Waals surface area contributed by atoms with Crippen LogP contribution in [-0.4, -0.2) is 0 Å². The van der Waals surface area contributed by atoms with Crippen LogP contribution >= 0.6 is 23.2 Å². The van der Waals surface area contributed by atoms with Gasteiger partial charge in [-0.05, 0) is 42.7 Å². The number of rotatable bonds is 4. The molecule has 0 saturated heterocycles. The van der Waals surface area contributed by atoms with Gasteiger partial charge in [0.2, 0.25) is 0 Å². The second-order valence-corrected chi connectivity index (χ2v) is 5.54. The number of hydrogen-bond acceptors (Lipinski definition) is 1. The second kappa shape index (κ2) is 6.42. The largest absolute Gasteiger partial charge is 0.306 e. The zero-order valence-corrected chi connectivity index (χ0v) is 12.6. The highest BCUT2D eigenvalue weighted by Crippen LogP contribution is 2.22. The van der Waals surface area contributed by atoms with Gasteiger partial charge in [-0.3, -0.25) is 0 Å². The number of nitrogens with one attached hydrogen (secondary N) is 1. The Balaban J connectivity index is 2.04. The van der Waals surface area contributed by atoms with Crippen molar-refractivity contribution in [3.63, 3.8) is 0 Å². The molecule has 19 heavy (non-hydrogen) atoms. The molecule has 0 bridgehead atoms. The Morgan fingerprint density at radius 2 is 1.84 bits per heavy atom. The molecule has 100 valence electrons. The van der Waals surface area contributed by atoms with E-state index in [0.29, 0.717) is 10.0 Å². The van der Waals surface area contributed by atoms with Gasteiger partial charge in [0.25, 0.3) is 0 Å². The van der Waals surface area contributed by atoms with E-state index in [1.165, 1.54) is 11.1 Å². The Morgan fingerprint density at radius 3 is 2.53 bits per heavy atom. The van der Waals surface area contributed by atoms with Crippen molar-refractivity contribution in [1.82, 2.24) is 5.32 Å². The summed E-state index contributed by atoms with van der Waals surface area (Å²) in [4.78, 5) is 0. The molecule has 2 rings (SSSR count). The lowest BCUT2D eigenvalue weighted by atomic mass is 10.0. The van der Waals surface area contributed by atoms with Gasteiger partial charge in [0, 0.05) is 22.6 Å². The number of hydrogen-bond donors (Lipinski definition) is 1. The van der Waals surface area contributed by atoms with Crippen LogP contribution in [0, 0.1) is 6.92 Å². The van der Waals surface area contributed by atoms with E-state index in [1.54, 1.807) is 6.07 Å². The monoisotopic (exact) mass is 293 g/mol. The van der Waals surface area contributed by atoms with Gasteiger partial charge in [-0.15, -0.1) is 0 Å². The quantitative estimate of drug-likeness (QED) is 0.822. The van der Waals surface area contributed by atoms with Crippen LogP contribution < -0.4 is 5.32 Å². The summed E-state index contributed by atoms with van der Waals surface area (Å²) in [6, 6.07) is 14.3.